The van der Waals surface area contributed by atoms with E-state index in [1.807, 2.05) is 61.1 Å². The summed E-state index contributed by atoms with van der Waals surface area (Å²) in [7, 11) is 7.49. The Balaban J connectivity index is 1.71. The van der Waals surface area contributed by atoms with Crippen LogP contribution in [-0.2, 0) is 7.05 Å². The minimum atomic E-state index is -4.56. The zero-order chi connectivity index (χ0) is 27.6. The summed E-state index contributed by atoms with van der Waals surface area (Å²) in [4.78, 5) is 16.8. The van der Waals surface area contributed by atoms with Gasteiger partial charge in [0.1, 0.15) is 5.69 Å². The van der Waals surface area contributed by atoms with E-state index in [-0.39, 0.29) is 23.2 Å². The number of pyridine rings is 1. The van der Waals surface area contributed by atoms with Crippen LogP contribution in [0.25, 0.3) is 22.2 Å². The van der Waals surface area contributed by atoms with Crippen molar-refractivity contribution in [3.05, 3.63) is 47.7 Å². The van der Waals surface area contributed by atoms with Gasteiger partial charge in [0, 0.05) is 49.8 Å². The summed E-state index contributed by atoms with van der Waals surface area (Å²) in [5, 5.41) is 4.16. The van der Waals surface area contributed by atoms with E-state index in [9.17, 15) is 13.2 Å². The van der Waals surface area contributed by atoms with Gasteiger partial charge in [-0.15, -0.1) is 0 Å². The van der Waals surface area contributed by atoms with Gasteiger partial charge in [-0.25, -0.2) is 9.97 Å². The summed E-state index contributed by atoms with van der Waals surface area (Å²) < 4.78 is 46.0. The number of aryl methyl sites for hydroxylation is 1. The van der Waals surface area contributed by atoms with Crippen LogP contribution in [0.2, 0.25) is 5.02 Å². The number of nitrogen functional groups attached to an aromatic ring is 1. The molecule has 4 rings (SSSR count). The fraction of sp³-hybridized carbons (Fsp3) is 0.320. The average Bonchev–Trinajstić information content (AvgIpc) is 3.19. The molecule has 3 heterocycles. The van der Waals surface area contributed by atoms with E-state index in [2.05, 4.69) is 20.3 Å². The molecule has 9 nitrogen and oxygen atoms in total. The molecule has 202 valence electrons. The summed E-state index contributed by atoms with van der Waals surface area (Å²) in [6.07, 6.45) is -1.24. The molecule has 0 atom stereocenters. The van der Waals surface area contributed by atoms with E-state index in [1.165, 1.54) is 12.3 Å². The lowest BCUT2D eigenvalue weighted by Crippen LogP contribution is -2.30. The first kappa shape index (κ1) is 27.3. The lowest BCUT2D eigenvalue weighted by molar-refractivity contribution is -0.153. The predicted molar refractivity (Wildman–Crippen MR) is 144 cm³/mol. The highest BCUT2D eigenvalue weighted by molar-refractivity contribution is 6.33. The highest BCUT2D eigenvalue weighted by Gasteiger charge is 2.30. The molecule has 0 fully saturated rings. The summed E-state index contributed by atoms with van der Waals surface area (Å²) in [6, 6.07) is 9.23. The minimum absolute atomic E-state index is 0.0858. The Labute approximate surface area is 223 Å². The average molecular weight is 549 g/mol. The van der Waals surface area contributed by atoms with Crippen molar-refractivity contribution in [2.24, 2.45) is 7.05 Å². The molecule has 38 heavy (non-hydrogen) atoms. The smallest absolute Gasteiger partial charge is 0.422 e. The van der Waals surface area contributed by atoms with Crippen molar-refractivity contribution in [2.75, 3.05) is 56.8 Å². The van der Waals surface area contributed by atoms with Crippen molar-refractivity contribution in [3.8, 4) is 17.1 Å². The Kier molecular flexibility index (Phi) is 7.83. The number of anilines is 4. The monoisotopic (exact) mass is 548 g/mol. The Morgan fingerprint density at radius 2 is 1.87 bits per heavy atom. The van der Waals surface area contributed by atoms with Gasteiger partial charge >= 0.3 is 6.18 Å². The fourth-order valence-corrected chi connectivity index (χ4v) is 4.07. The van der Waals surface area contributed by atoms with Crippen LogP contribution in [0.1, 0.15) is 0 Å². The number of ether oxygens (including phenoxy) is 1. The number of para-hydroxylation sites is 1. The van der Waals surface area contributed by atoms with Crippen LogP contribution in [0, 0.1) is 0 Å². The molecule has 0 unspecified atom stereocenters. The highest BCUT2D eigenvalue weighted by atomic mass is 35.5. The molecule has 0 bridgehead atoms. The Morgan fingerprint density at radius 1 is 1.13 bits per heavy atom. The third-order valence-electron chi connectivity index (χ3n) is 5.76. The second kappa shape index (κ2) is 10.9. The van der Waals surface area contributed by atoms with Crippen molar-refractivity contribution < 1.29 is 17.9 Å². The number of hydrogen-bond donors (Lipinski definition) is 2. The van der Waals surface area contributed by atoms with Crippen LogP contribution < -0.4 is 20.7 Å². The zero-order valence-corrected chi connectivity index (χ0v) is 22.1. The van der Waals surface area contributed by atoms with Gasteiger partial charge in [0.2, 0.25) is 11.8 Å². The summed E-state index contributed by atoms with van der Waals surface area (Å²) >= 11 is 6.45. The van der Waals surface area contributed by atoms with Gasteiger partial charge in [-0.05, 0) is 26.2 Å². The van der Waals surface area contributed by atoms with Crippen LogP contribution in [0.3, 0.4) is 0 Å². The molecule has 0 aliphatic heterocycles. The number of rotatable bonds is 9. The first-order valence-corrected chi connectivity index (χ1v) is 12.0. The van der Waals surface area contributed by atoms with E-state index in [1.54, 1.807) is 11.9 Å². The molecule has 0 spiro atoms. The fourth-order valence-electron chi connectivity index (χ4n) is 3.88. The van der Waals surface area contributed by atoms with Crippen LogP contribution in [0.4, 0.5) is 36.3 Å². The molecule has 0 aliphatic carbocycles. The zero-order valence-electron chi connectivity index (χ0n) is 21.3. The summed E-state index contributed by atoms with van der Waals surface area (Å²) in [6.45, 7) is -0.293. The number of aromatic nitrogens is 4. The lowest BCUT2D eigenvalue weighted by atomic mass is 10.1. The number of hydrogen-bond acceptors (Lipinski definition) is 8. The Morgan fingerprint density at radius 3 is 2.58 bits per heavy atom. The largest absolute Gasteiger partial charge is 0.466 e. The van der Waals surface area contributed by atoms with Crippen molar-refractivity contribution in [2.45, 2.75) is 6.18 Å². The van der Waals surface area contributed by atoms with Gasteiger partial charge in [-0.3, -0.25) is 0 Å². The number of likely N-dealkylation sites (N-methyl/N-ethyl adjacent to an activating group) is 2. The first-order valence-electron chi connectivity index (χ1n) is 11.6. The third-order valence-corrected chi connectivity index (χ3v) is 6.03. The number of fused-ring (bicyclic) bond motifs is 1. The maximum Gasteiger partial charge on any atom is 0.422 e. The number of alkyl halides is 3. The van der Waals surface area contributed by atoms with Crippen molar-refractivity contribution in [1.29, 1.82) is 0 Å². The Hall–Kier alpha value is -3.77. The van der Waals surface area contributed by atoms with Crippen LogP contribution in [-0.4, -0.2) is 71.4 Å². The molecule has 0 saturated heterocycles. The van der Waals surface area contributed by atoms with E-state index >= 15 is 0 Å². The van der Waals surface area contributed by atoms with E-state index in [0.29, 0.717) is 29.6 Å². The molecule has 0 aliphatic rings. The SMILES string of the molecule is CN(C)CCN(C)c1nc(OCC(F)(F)F)c(Nc2ncc(Cl)c(-c3cn(C)c4ccccc34)n2)cc1N. The van der Waals surface area contributed by atoms with Gasteiger partial charge in [0.05, 0.1) is 22.6 Å². The number of benzene rings is 1. The van der Waals surface area contributed by atoms with E-state index in [0.717, 1.165) is 16.5 Å². The molecular weight excluding hydrogens is 521 g/mol. The summed E-state index contributed by atoms with van der Waals surface area (Å²) in [5.74, 6) is 0.0978. The van der Waals surface area contributed by atoms with Gasteiger partial charge in [-0.1, -0.05) is 29.8 Å². The number of halogens is 4. The second-order valence-corrected chi connectivity index (χ2v) is 9.48. The molecule has 3 N–H and O–H groups in total. The quantitative estimate of drug-likeness (QED) is 0.303. The van der Waals surface area contributed by atoms with Crippen LogP contribution >= 0.6 is 11.6 Å². The molecule has 0 saturated carbocycles. The van der Waals surface area contributed by atoms with Gasteiger partial charge in [0.25, 0.3) is 0 Å². The van der Waals surface area contributed by atoms with Crippen LogP contribution in [0.15, 0.2) is 42.7 Å². The maximum atomic E-state index is 13.0. The van der Waals surface area contributed by atoms with Crippen molar-refractivity contribution >= 4 is 45.6 Å². The lowest BCUT2D eigenvalue weighted by Gasteiger charge is -2.23. The maximum absolute atomic E-state index is 13.0. The molecule has 0 amide bonds. The number of nitrogens with one attached hydrogen (secondary N) is 1. The molecule has 3 aromatic heterocycles. The number of nitrogens with zero attached hydrogens (tertiary/aromatic N) is 6. The topological polar surface area (TPSA) is 97.4 Å². The standard InChI is InChI=1S/C25H28ClF3N8O/c1-35(2)9-10-36(3)22-18(30)11-19(23(34-22)38-14-25(27,28)29)32-24-31-12-17(26)21(33-24)16-13-37(4)20-8-6-5-7-15(16)20/h5-8,11-13H,9-10,14,30H2,1-4H3,(H,31,32,33). The number of nitrogens with two attached hydrogens (primary N) is 1. The highest BCUT2D eigenvalue weighted by Crippen LogP contribution is 2.36. The molecule has 4 aromatic rings. The predicted octanol–water partition coefficient (Wildman–Crippen LogP) is 4.95. The van der Waals surface area contributed by atoms with Gasteiger partial charge < -0.3 is 30.2 Å². The molecule has 0 radical (unpaired) electrons. The normalized spacial score (nSPS) is 11.8. The van der Waals surface area contributed by atoms with Crippen LogP contribution in [0.5, 0.6) is 5.88 Å². The summed E-state index contributed by atoms with van der Waals surface area (Å²) in [5.41, 5.74) is 8.80. The molecular formula is C25H28ClF3N8O. The van der Waals surface area contributed by atoms with E-state index < -0.39 is 12.8 Å². The Bertz CT molecular complexity index is 1440. The third kappa shape index (κ3) is 6.20. The molecule has 1 aromatic carbocycles. The van der Waals surface area contributed by atoms with Crippen molar-refractivity contribution in [3.63, 3.8) is 0 Å². The van der Waals surface area contributed by atoms with Gasteiger partial charge in [-0.2, -0.15) is 18.2 Å². The first-order chi connectivity index (χ1) is 17.9. The van der Waals surface area contributed by atoms with Crippen molar-refractivity contribution in [1.82, 2.24) is 24.4 Å². The second-order valence-electron chi connectivity index (χ2n) is 9.07. The molecule has 13 heteroatoms. The van der Waals surface area contributed by atoms with Gasteiger partial charge in [0.15, 0.2) is 12.4 Å². The minimum Gasteiger partial charge on any atom is -0.466 e. The van der Waals surface area contributed by atoms with E-state index in [4.69, 9.17) is 22.1 Å².